The molecule has 2 rings (SSSR count). The van der Waals surface area contributed by atoms with Gasteiger partial charge in [0.2, 0.25) is 0 Å². The van der Waals surface area contributed by atoms with Crippen LogP contribution in [0.5, 0.6) is 5.75 Å². The first-order valence-corrected chi connectivity index (χ1v) is 4.39. The Morgan fingerprint density at radius 1 is 1.50 bits per heavy atom. The molecule has 14 heavy (non-hydrogen) atoms. The molecular weight excluding hydrogens is 176 g/mol. The van der Waals surface area contributed by atoms with Gasteiger partial charge in [-0.2, -0.15) is 0 Å². The Morgan fingerprint density at radius 3 is 3.14 bits per heavy atom. The molecule has 2 aromatic rings. The molecule has 1 radical (unpaired) electrons. The van der Waals surface area contributed by atoms with Crippen LogP contribution in [0.1, 0.15) is 5.56 Å². The molecule has 0 aliphatic heterocycles. The fraction of sp³-hybridized carbons (Fsp3) is 0.182. The molecule has 0 unspecified atom stereocenters. The van der Waals surface area contributed by atoms with Crippen LogP contribution >= 0.6 is 0 Å². The largest absolute Gasteiger partial charge is 0.497 e. The van der Waals surface area contributed by atoms with Crippen LogP contribution < -0.4 is 4.74 Å². The van der Waals surface area contributed by atoms with Crippen molar-refractivity contribution >= 4 is 0 Å². The molecule has 3 nitrogen and oxygen atoms in total. The second-order valence-electron chi connectivity index (χ2n) is 3.03. The molecule has 0 bridgehead atoms. The average Bonchev–Trinajstić information content (AvgIpc) is 2.71. The number of hydrogen-bond donors (Lipinski definition) is 0. The summed E-state index contributed by atoms with van der Waals surface area (Å²) >= 11 is 0. The maximum atomic E-state index is 5.14. The lowest BCUT2D eigenvalue weighted by Crippen LogP contribution is -1.96. The minimum Gasteiger partial charge on any atom is -0.497 e. The minimum atomic E-state index is 0.799. The van der Waals surface area contributed by atoms with E-state index in [0.717, 1.165) is 12.3 Å². The molecule has 71 valence electrons. The van der Waals surface area contributed by atoms with Crippen LogP contribution in [0.3, 0.4) is 0 Å². The molecule has 0 aliphatic rings. The first-order valence-electron chi connectivity index (χ1n) is 4.39. The lowest BCUT2D eigenvalue weighted by molar-refractivity contribution is 0.414. The quantitative estimate of drug-likeness (QED) is 0.731. The molecule has 0 atom stereocenters. The van der Waals surface area contributed by atoms with Crippen molar-refractivity contribution in [2.45, 2.75) is 6.54 Å². The zero-order valence-corrected chi connectivity index (χ0v) is 7.97. The zero-order chi connectivity index (χ0) is 9.80. The second-order valence-corrected chi connectivity index (χ2v) is 3.03. The fourth-order valence-corrected chi connectivity index (χ4v) is 1.32. The van der Waals surface area contributed by atoms with Gasteiger partial charge in [-0.25, -0.2) is 4.98 Å². The second kappa shape index (κ2) is 3.96. The standard InChI is InChI=1S/C11H11N2O/c1-14-11-4-2-3-10(7-11)8-13-6-5-12-9-13/h2-4,6-7,9H,8H2,1H3. The van der Waals surface area contributed by atoms with Gasteiger partial charge in [0.1, 0.15) is 11.9 Å². The SMILES string of the molecule is COc1cccc(Cn2c[c]nc2)c1. The fourth-order valence-electron chi connectivity index (χ4n) is 1.32. The minimum absolute atomic E-state index is 0.799. The van der Waals surface area contributed by atoms with Crippen molar-refractivity contribution in [3.8, 4) is 5.75 Å². The average molecular weight is 187 g/mol. The van der Waals surface area contributed by atoms with Crippen LogP contribution in [0.25, 0.3) is 0 Å². The van der Waals surface area contributed by atoms with E-state index in [1.807, 2.05) is 29.0 Å². The first kappa shape index (κ1) is 8.81. The van der Waals surface area contributed by atoms with Gasteiger partial charge in [-0.3, -0.25) is 0 Å². The summed E-state index contributed by atoms with van der Waals surface area (Å²) in [6.07, 6.45) is 6.33. The monoisotopic (exact) mass is 187 g/mol. The molecule has 1 aromatic carbocycles. The molecule has 0 aliphatic carbocycles. The van der Waals surface area contributed by atoms with E-state index in [-0.39, 0.29) is 0 Å². The molecule has 1 heterocycles. The van der Waals surface area contributed by atoms with Gasteiger partial charge in [-0.05, 0) is 17.7 Å². The maximum absolute atomic E-state index is 5.14. The maximum Gasteiger partial charge on any atom is 0.119 e. The summed E-state index contributed by atoms with van der Waals surface area (Å²) in [7, 11) is 1.67. The Bertz CT molecular complexity index is 395. The number of aromatic nitrogens is 2. The lowest BCUT2D eigenvalue weighted by Gasteiger charge is -2.04. The summed E-state index contributed by atoms with van der Waals surface area (Å²) in [6, 6.07) is 7.99. The predicted molar refractivity (Wildman–Crippen MR) is 53.2 cm³/mol. The van der Waals surface area contributed by atoms with Crippen LogP contribution in [0, 0.1) is 6.20 Å². The van der Waals surface area contributed by atoms with Gasteiger partial charge < -0.3 is 9.30 Å². The highest BCUT2D eigenvalue weighted by Gasteiger charge is 1.96. The van der Waals surface area contributed by atoms with Gasteiger partial charge in [0, 0.05) is 12.7 Å². The number of nitrogens with zero attached hydrogens (tertiary/aromatic N) is 2. The zero-order valence-electron chi connectivity index (χ0n) is 7.97. The molecular formula is C11H11N2O. The van der Waals surface area contributed by atoms with E-state index in [9.17, 15) is 0 Å². The molecule has 3 heteroatoms. The first-order chi connectivity index (χ1) is 6.88. The van der Waals surface area contributed by atoms with Gasteiger partial charge in [0.05, 0.1) is 13.4 Å². The Balaban J connectivity index is 2.17. The number of ether oxygens (including phenoxy) is 1. The van der Waals surface area contributed by atoms with Crippen LogP contribution in [0.4, 0.5) is 0 Å². The van der Waals surface area contributed by atoms with Gasteiger partial charge in [0.25, 0.3) is 0 Å². The van der Waals surface area contributed by atoms with E-state index in [4.69, 9.17) is 4.74 Å². The molecule has 0 spiro atoms. The number of benzene rings is 1. The lowest BCUT2D eigenvalue weighted by atomic mass is 10.2. The Morgan fingerprint density at radius 2 is 2.43 bits per heavy atom. The summed E-state index contributed by atoms with van der Waals surface area (Å²) in [5, 5.41) is 0. The topological polar surface area (TPSA) is 27.1 Å². The van der Waals surface area contributed by atoms with E-state index >= 15 is 0 Å². The van der Waals surface area contributed by atoms with E-state index in [1.54, 1.807) is 13.4 Å². The Labute approximate surface area is 83.0 Å². The molecule has 0 amide bonds. The van der Waals surface area contributed by atoms with E-state index < -0.39 is 0 Å². The van der Waals surface area contributed by atoms with E-state index in [1.165, 1.54) is 5.56 Å². The smallest absolute Gasteiger partial charge is 0.119 e. The van der Waals surface area contributed by atoms with Crippen molar-refractivity contribution in [2.75, 3.05) is 7.11 Å². The predicted octanol–water partition coefficient (Wildman–Crippen LogP) is 1.74. The van der Waals surface area contributed by atoms with Gasteiger partial charge in [-0.1, -0.05) is 12.1 Å². The van der Waals surface area contributed by atoms with Gasteiger partial charge in [0.15, 0.2) is 0 Å². The van der Waals surface area contributed by atoms with Crippen molar-refractivity contribution < 1.29 is 4.74 Å². The third-order valence-electron chi connectivity index (χ3n) is 2.00. The van der Waals surface area contributed by atoms with E-state index in [0.29, 0.717) is 0 Å². The molecule has 0 N–H and O–H groups in total. The van der Waals surface area contributed by atoms with Crippen LogP contribution in [-0.4, -0.2) is 16.7 Å². The highest BCUT2D eigenvalue weighted by atomic mass is 16.5. The van der Waals surface area contributed by atoms with Gasteiger partial charge >= 0.3 is 0 Å². The number of hydrogen-bond acceptors (Lipinski definition) is 2. The normalized spacial score (nSPS) is 10.1. The molecule has 1 aromatic heterocycles. The van der Waals surface area contributed by atoms with Crippen molar-refractivity contribution in [3.63, 3.8) is 0 Å². The van der Waals surface area contributed by atoms with Gasteiger partial charge in [-0.15, -0.1) is 0 Å². The highest BCUT2D eigenvalue weighted by molar-refractivity contribution is 5.28. The molecule has 0 saturated heterocycles. The van der Waals surface area contributed by atoms with Crippen molar-refractivity contribution in [2.24, 2.45) is 0 Å². The molecule has 0 saturated carbocycles. The van der Waals surface area contributed by atoms with Crippen molar-refractivity contribution in [1.29, 1.82) is 0 Å². The number of rotatable bonds is 3. The van der Waals surface area contributed by atoms with Crippen LogP contribution in [-0.2, 0) is 6.54 Å². The summed E-state index contributed by atoms with van der Waals surface area (Å²) in [6.45, 7) is 0.799. The van der Waals surface area contributed by atoms with Crippen LogP contribution in [0.2, 0.25) is 0 Å². The summed E-state index contributed by atoms with van der Waals surface area (Å²) < 4.78 is 7.11. The Kier molecular flexibility index (Phi) is 2.49. The Hall–Kier alpha value is -1.77. The third-order valence-corrected chi connectivity index (χ3v) is 2.00. The number of imidazole rings is 1. The van der Waals surface area contributed by atoms with E-state index in [2.05, 4.69) is 17.2 Å². The summed E-state index contributed by atoms with van der Waals surface area (Å²) in [4.78, 5) is 3.87. The third kappa shape index (κ3) is 1.93. The van der Waals surface area contributed by atoms with Crippen molar-refractivity contribution in [3.05, 3.63) is 48.5 Å². The summed E-state index contributed by atoms with van der Waals surface area (Å²) in [5.41, 5.74) is 1.19. The number of methoxy groups -OCH3 is 1. The van der Waals surface area contributed by atoms with Crippen LogP contribution in [0.15, 0.2) is 36.8 Å². The summed E-state index contributed by atoms with van der Waals surface area (Å²) in [5.74, 6) is 0.881. The van der Waals surface area contributed by atoms with Crippen molar-refractivity contribution in [1.82, 2.24) is 9.55 Å². The highest BCUT2D eigenvalue weighted by Crippen LogP contribution is 2.13. The molecule has 0 fully saturated rings.